The van der Waals surface area contributed by atoms with E-state index in [1.165, 1.54) is 0 Å². The van der Waals surface area contributed by atoms with Gasteiger partial charge in [-0.2, -0.15) is 0 Å². The first-order chi connectivity index (χ1) is 12.7. The molecule has 0 saturated carbocycles. The van der Waals surface area contributed by atoms with E-state index < -0.39 is 0 Å². The summed E-state index contributed by atoms with van der Waals surface area (Å²) in [5.74, 6) is 1.35. The summed E-state index contributed by atoms with van der Waals surface area (Å²) >= 11 is 3.35. The minimum Gasteiger partial charge on any atom is -0.463 e. The van der Waals surface area contributed by atoms with E-state index in [9.17, 15) is 4.79 Å². The summed E-state index contributed by atoms with van der Waals surface area (Å²) in [5.41, 5.74) is 1.34. The largest absolute Gasteiger partial charge is 0.463 e. The van der Waals surface area contributed by atoms with Crippen molar-refractivity contribution >= 4 is 27.8 Å². The third-order valence-corrected chi connectivity index (χ3v) is 4.65. The summed E-state index contributed by atoms with van der Waals surface area (Å²) in [6.07, 6.45) is 6.61. The van der Waals surface area contributed by atoms with Crippen LogP contribution >= 0.6 is 15.9 Å². The Kier molecular flexibility index (Phi) is 4.66. The maximum absolute atomic E-state index is 12.6. The number of halogens is 1. The number of carbonyl (C=O) groups excluding carboxylic acids is 1. The minimum absolute atomic E-state index is 0.0105. The van der Waals surface area contributed by atoms with Crippen LogP contribution in [0.25, 0.3) is 11.5 Å². The molecule has 8 heteroatoms. The molecule has 1 amide bonds. The Balaban J connectivity index is 1.44. The molecule has 0 aromatic carbocycles. The van der Waals surface area contributed by atoms with Crippen molar-refractivity contribution in [1.29, 1.82) is 0 Å². The number of furan rings is 1. The monoisotopic (exact) mass is 413 g/mol. The summed E-state index contributed by atoms with van der Waals surface area (Å²) < 4.78 is 6.19. The van der Waals surface area contributed by atoms with Gasteiger partial charge in [0.2, 0.25) is 5.95 Å². The van der Waals surface area contributed by atoms with E-state index in [0.717, 1.165) is 10.2 Å². The Morgan fingerprint density at radius 2 is 2.00 bits per heavy atom. The Morgan fingerprint density at radius 1 is 1.15 bits per heavy atom. The SMILES string of the molecule is O=C(c1cncc(Br)c1)N1CCN(c2nccc(-c3ccco3)n2)CC1. The van der Waals surface area contributed by atoms with E-state index in [2.05, 4.69) is 35.8 Å². The summed E-state index contributed by atoms with van der Waals surface area (Å²) in [6, 6.07) is 7.31. The van der Waals surface area contributed by atoms with E-state index in [-0.39, 0.29) is 5.91 Å². The number of anilines is 1. The van der Waals surface area contributed by atoms with Gasteiger partial charge in [-0.1, -0.05) is 0 Å². The first-order valence-corrected chi connectivity index (χ1v) is 9.02. The molecule has 0 spiro atoms. The highest BCUT2D eigenvalue weighted by Gasteiger charge is 2.24. The smallest absolute Gasteiger partial charge is 0.255 e. The normalized spacial score (nSPS) is 14.5. The van der Waals surface area contributed by atoms with Crippen molar-refractivity contribution in [2.24, 2.45) is 0 Å². The fraction of sp³-hybridized carbons (Fsp3) is 0.222. The van der Waals surface area contributed by atoms with Crippen molar-refractivity contribution in [1.82, 2.24) is 19.9 Å². The fourth-order valence-electron chi connectivity index (χ4n) is 2.88. The Bertz CT molecular complexity index is 907. The molecule has 1 aliphatic heterocycles. The summed E-state index contributed by atoms with van der Waals surface area (Å²) in [5, 5.41) is 0. The van der Waals surface area contributed by atoms with Crippen LogP contribution in [-0.2, 0) is 0 Å². The van der Waals surface area contributed by atoms with Gasteiger partial charge in [-0.3, -0.25) is 9.78 Å². The fourth-order valence-corrected chi connectivity index (χ4v) is 3.25. The molecule has 132 valence electrons. The van der Waals surface area contributed by atoms with Crippen molar-refractivity contribution in [3.63, 3.8) is 0 Å². The number of aromatic nitrogens is 3. The zero-order valence-electron chi connectivity index (χ0n) is 13.9. The van der Waals surface area contributed by atoms with Crippen LogP contribution in [-0.4, -0.2) is 51.9 Å². The van der Waals surface area contributed by atoms with Crippen LogP contribution in [0.15, 0.2) is 58.0 Å². The van der Waals surface area contributed by atoms with Gasteiger partial charge in [-0.05, 0) is 40.2 Å². The van der Waals surface area contributed by atoms with Gasteiger partial charge in [0.25, 0.3) is 5.91 Å². The first-order valence-electron chi connectivity index (χ1n) is 8.22. The van der Waals surface area contributed by atoms with Crippen molar-refractivity contribution in [2.45, 2.75) is 0 Å². The van der Waals surface area contributed by atoms with Gasteiger partial charge in [0.1, 0.15) is 5.69 Å². The number of piperazine rings is 1. The zero-order valence-corrected chi connectivity index (χ0v) is 15.5. The van der Waals surface area contributed by atoms with Crippen molar-refractivity contribution < 1.29 is 9.21 Å². The lowest BCUT2D eigenvalue weighted by Crippen LogP contribution is -2.49. The molecule has 0 aliphatic carbocycles. The molecule has 0 atom stereocenters. The van der Waals surface area contributed by atoms with Crippen LogP contribution in [0.3, 0.4) is 0 Å². The molecule has 0 N–H and O–H groups in total. The number of rotatable bonds is 3. The highest BCUT2D eigenvalue weighted by Crippen LogP contribution is 2.20. The molecule has 7 nitrogen and oxygen atoms in total. The molecule has 3 aromatic rings. The molecular formula is C18H16BrN5O2. The zero-order chi connectivity index (χ0) is 17.9. The van der Waals surface area contributed by atoms with Crippen molar-refractivity contribution in [3.8, 4) is 11.5 Å². The summed E-state index contributed by atoms with van der Waals surface area (Å²) in [6.45, 7) is 2.57. The summed E-state index contributed by atoms with van der Waals surface area (Å²) in [4.78, 5) is 29.5. The summed E-state index contributed by atoms with van der Waals surface area (Å²) in [7, 11) is 0. The third-order valence-electron chi connectivity index (χ3n) is 4.22. The van der Waals surface area contributed by atoms with Crippen LogP contribution in [0.1, 0.15) is 10.4 Å². The van der Waals surface area contributed by atoms with Gasteiger partial charge in [-0.25, -0.2) is 9.97 Å². The van der Waals surface area contributed by atoms with E-state index in [1.807, 2.05) is 23.1 Å². The van der Waals surface area contributed by atoms with Gasteiger partial charge in [0, 0.05) is 49.2 Å². The van der Waals surface area contributed by atoms with Gasteiger partial charge in [0.15, 0.2) is 5.76 Å². The molecule has 0 radical (unpaired) electrons. The Hall–Kier alpha value is -2.74. The topological polar surface area (TPSA) is 75.4 Å². The lowest BCUT2D eigenvalue weighted by Gasteiger charge is -2.34. The molecule has 0 bridgehead atoms. The molecule has 4 heterocycles. The van der Waals surface area contributed by atoms with Gasteiger partial charge < -0.3 is 14.2 Å². The molecule has 3 aromatic heterocycles. The Labute approximate surface area is 158 Å². The molecule has 1 saturated heterocycles. The number of nitrogens with zero attached hydrogens (tertiary/aromatic N) is 5. The average Bonchev–Trinajstić information content (AvgIpc) is 3.23. The highest BCUT2D eigenvalue weighted by molar-refractivity contribution is 9.10. The van der Waals surface area contributed by atoms with Gasteiger partial charge in [-0.15, -0.1) is 0 Å². The second-order valence-electron chi connectivity index (χ2n) is 5.89. The number of pyridine rings is 1. The van der Waals surface area contributed by atoms with Crippen LogP contribution in [0.2, 0.25) is 0 Å². The molecule has 1 aliphatic rings. The average molecular weight is 414 g/mol. The lowest BCUT2D eigenvalue weighted by atomic mass is 10.2. The quantitative estimate of drug-likeness (QED) is 0.656. The second kappa shape index (κ2) is 7.25. The molecule has 26 heavy (non-hydrogen) atoms. The predicted molar refractivity (Wildman–Crippen MR) is 99.8 cm³/mol. The van der Waals surface area contributed by atoms with Crippen LogP contribution in [0.5, 0.6) is 0 Å². The number of hydrogen-bond donors (Lipinski definition) is 0. The molecular weight excluding hydrogens is 398 g/mol. The highest BCUT2D eigenvalue weighted by atomic mass is 79.9. The lowest BCUT2D eigenvalue weighted by molar-refractivity contribution is 0.0745. The maximum atomic E-state index is 12.6. The first kappa shape index (κ1) is 16.7. The van der Waals surface area contributed by atoms with Gasteiger partial charge >= 0.3 is 0 Å². The van der Waals surface area contributed by atoms with E-state index >= 15 is 0 Å². The molecule has 4 rings (SSSR count). The van der Waals surface area contributed by atoms with E-state index in [4.69, 9.17) is 4.42 Å². The van der Waals surface area contributed by atoms with Crippen molar-refractivity contribution in [3.05, 3.63) is 59.2 Å². The van der Waals surface area contributed by atoms with Crippen molar-refractivity contribution in [2.75, 3.05) is 31.1 Å². The van der Waals surface area contributed by atoms with Crippen LogP contribution < -0.4 is 4.90 Å². The minimum atomic E-state index is -0.0105. The number of carbonyl (C=O) groups is 1. The Morgan fingerprint density at radius 3 is 2.73 bits per heavy atom. The molecule has 0 unspecified atom stereocenters. The van der Waals surface area contributed by atoms with Gasteiger partial charge in [0.05, 0.1) is 11.8 Å². The van der Waals surface area contributed by atoms with Crippen LogP contribution in [0.4, 0.5) is 5.95 Å². The predicted octanol–water partition coefficient (Wildman–Crippen LogP) is 2.86. The van der Waals surface area contributed by atoms with E-state index in [0.29, 0.717) is 43.5 Å². The molecule has 1 fully saturated rings. The second-order valence-corrected chi connectivity index (χ2v) is 6.81. The number of hydrogen-bond acceptors (Lipinski definition) is 6. The standard InChI is InChI=1S/C18H16BrN5O2/c19-14-10-13(11-20-12-14)17(25)23-5-7-24(8-6-23)18-21-4-3-15(22-18)16-2-1-9-26-16/h1-4,9-12H,5-8H2. The maximum Gasteiger partial charge on any atom is 0.255 e. The number of amides is 1. The van der Waals surface area contributed by atoms with Crippen LogP contribution in [0, 0.1) is 0 Å². The third kappa shape index (κ3) is 3.45. The van der Waals surface area contributed by atoms with E-state index in [1.54, 1.807) is 30.9 Å².